The van der Waals surface area contributed by atoms with E-state index in [9.17, 15) is 4.79 Å². The third-order valence-electron chi connectivity index (χ3n) is 6.62. The lowest BCUT2D eigenvalue weighted by atomic mass is 10.1. The lowest BCUT2D eigenvalue weighted by molar-refractivity contribution is -0.117. The van der Waals surface area contributed by atoms with Crippen LogP contribution in [0.15, 0.2) is 66.7 Å². The summed E-state index contributed by atoms with van der Waals surface area (Å²) >= 11 is 13.0. The van der Waals surface area contributed by atoms with Crippen LogP contribution in [0.25, 0.3) is 11.0 Å². The summed E-state index contributed by atoms with van der Waals surface area (Å²) in [6.07, 6.45) is 3.85. The summed E-state index contributed by atoms with van der Waals surface area (Å²) in [5.41, 5.74) is 5.04. The monoisotopic (exact) mass is 491 g/mol. The molecule has 1 aromatic heterocycles. The summed E-state index contributed by atoms with van der Waals surface area (Å²) in [6.45, 7) is 3.31. The van der Waals surface area contributed by atoms with Crippen molar-refractivity contribution < 1.29 is 4.79 Å². The largest absolute Gasteiger partial charge is 0.323 e. The summed E-state index contributed by atoms with van der Waals surface area (Å²) in [5, 5.41) is 1.26. The number of aromatic nitrogens is 2. The van der Waals surface area contributed by atoms with Gasteiger partial charge in [-0.3, -0.25) is 4.79 Å². The Bertz CT molecular complexity index is 1310. The average Bonchev–Trinajstić information content (AvgIpc) is 3.41. The number of rotatable bonds is 7. The van der Waals surface area contributed by atoms with Crippen LogP contribution in [0, 0.1) is 0 Å². The molecule has 3 aromatic carbocycles. The van der Waals surface area contributed by atoms with E-state index in [2.05, 4.69) is 41.8 Å². The molecule has 1 unspecified atom stereocenters. The molecule has 174 valence electrons. The van der Waals surface area contributed by atoms with Gasteiger partial charge in [-0.1, -0.05) is 66.9 Å². The van der Waals surface area contributed by atoms with Crippen LogP contribution < -0.4 is 4.90 Å². The first-order valence-electron chi connectivity index (χ1n) is 11.8. The number of unbranched alkanes of at least 4 members (excludes halogenated alkanes) is 1. The van der Waals surface area contributed by atoms with Crippen molar-refractivity contribution in [1.29, 1.82) is 0 Å². The number of carbonyl (C=O) groups excluding carboxylic acids is 1. The number of imidazole rings is 1. The van der Waals surface area contributed by atoms with Crippen LogP contribution in [0.2, 0.25) is 10.0 Å². The summed E-state index contributed by atoms with van der Waals surface area (Å²) in [5.74, 6) is 1.01. The highest BCUT2D eigenvalue weighted by Gasteiger charge is 2.35. The highest BCUT2D eigenvalue weighted by molar-refractivity contribution is 6.36. The minimum atomic E-state index is -0.0130. The average molecular weight is 492 g/mol. The Morgan fingerprint density at radius 3 is 2.44 bits per heavy atom. The Labute approximate surface area is 210 Å². The maximum Gasteiger partial charge on any atom is 0.227 e. The lowest BCUT2D eigenvalue weighted by Gasteiger charge is -2.18. The number of amides is 1. The van der Waals surface area contributed by atoms with Crippen molar-refractivity contribution in [2.45, 2.75) is 45.1 Å². The molecule has 34 heavy (non-hydrogen) atoms. The van der Waals surface area contributed by atoms with E-state index in [0.29, 0.717) is 29.6 Å². The van der Waals surface area contributed by atoms with Gasteiger partial charge in [0, 0.05) is 40.2 Å². The van der Waals surface area contributed by atoms with Crippen molar-refractivity contribution in [3.05, 3.63) is 93.7 Å². The number of hydrogen-bond donors (Lipinski definition) is 0. The molecule has 6 heteroatoms. The molecule has 1 fully saturated rings. The molecule has 1 saturated heterocycles. The molecular formula is C28H27Cl2N3O. The van der Waals surface area contributed by atoms with Gasteiger partial charge in [-0.25, -0.2) is 4.98 Å². The van der Waals surface area contributed by atoms with Gasteiger partial charge >= 0.3 is 0 Å². The normalized spacial score (nSPS) is 16.0. The molecule has 0 saturated carbocycles. The number of nitrogens with zero attached hydrogens (tertiary/aromatic N) is 3. The zero-order valence-corrected chi connectivity index (χ0v) is 20.7. The van der Waals surface area contributed by atoms with Crippen LogP contribution in [0.1, 0.15) is 49.1 Å². The van der Waals surface area contributed by atoms with Crippen LogP contribution in [0.3, 0.4) is 0 Å². The number of aryl methyl sites for hydroxylation is 1. The molecule has 0 radical (unpaired) electrons. The van der Waals surface area contributed by atoms with Crippen molar-refractivity contribution in [2.24, 2.45) is 0 Å². The van der Waals surface area contributed by atoms with Crippen LogP contribution in [-0.2, 0) is 17.8 Å². The molecule has 1 amide bonds. The van der Waals surface area contributed by atoms with E-state index >= 15 is 0 Å². The Balaban J connectivity index is 1.46. The first-order valence-corrected chi connectivity index (χ1v) is 12.6. The second-order valence-corrected chi connectivity index (χ2v) is 9.73. The van der Waals surface area contributed by atoms with Crippen LogP contribution >= 0.6 is 23.2 Å². The smallest absolute Gasteiger partial charge is 0.227 e. The first kappa shape index (κ1) is 22.9. The van der Waals surface area contributed by atoms with Crippen LogP contribution in [0.5, 0.6) is 0 Å². The number of fused-ring (bicyclic) bond motifs is 1. The third kappa shape index (κ3) is 4.45. The summed E-state index contributed by atoms with van der Waals surface area (Å²) in [7, 11) is 0. The number of carbonyl (C=O) groups is 1. The van der Waals surface area contributed by atoms with E-state index in [-0.39, 0.29) is 11.8 Å². The van der Waals surface area contributed by atoms with Gasteiger partial charge in [-0.2, -0.15) is 0 Å². The minimum Gasteiger partial charge on any atom is -0.323 e. The molecule has 0 aliphatic carbocycles. The van der Waals surface area contributed by atoms with E-state index in [1.54, 1.807) is 0 Å². The van der Waals surface area contributed by atoms with E-state index in [0.717, 1.165) is 34.5 Å². The van der Waals surface area contributed by atoms with Crippen LogP contribution in [-0.4, -0.2) is 22.0 Å². The van der Waals surface area contributed by atoms with Crippen molar-refractivity contribution >= 4 is 45.8 Å². The maximum absolute atomic E-state index is 13.1. The van der Waals surface area contributed by atoms with Gasteiger partial charge in [0.25, 0.3) is 0 Å². The zero-order valence-electron chi connectivity index (χ0n) is 19.2. The second-order valence-electron chi connectivity index (χ2n) is 8.92. The summed E-state index contributed by atoms with van der Waals surface area (Å²) in [6, 6.07) is 22.0. The molecule has 0 N–H and O–H groups in total. The van der Waals surface area contributed by atoms with Crippen molar-refractivity contribution in [3.63, 3.8) is 0 Å². The highest BCUT2D eigenvalue weighted by Crippen LogP contribution is 2.35. The molecule has 0 spiro atoms. The molecule has 2 heterocycles. The Morgan fingerprint density at radius 2 is 1.71 bits per heavy atom. The Morgan fingerprint density at radius 1 is 0.971 bits per heavy atom. The second kappa shape index (κ2) is 9.81. The van der Waals surface area contributed by atoms with Gasteiger partial charge < -0.3 is 9.47 Å². The predicted molar refractivity (Wildman–Crippen MR) is 140 cm³/mol. The first-order chi connectivity index (χ1) is 16.5. The summed E-state index contributed by atoms with van der Waals surface area (Å²) in [4.78, 5) is 19.9. The van der Waals surface area contributed by atoms with Crippen molar-refractivity contribution in [1.82, 2.24) is 9.55 Å². The molecule has 4 nitrogen and oxygen atoms in total. The molecule has 4 aromatic rings. The Kier molecular flexibility index (Phi) is 6.62. The van der Waals surface area contributed by atoms with E-state index in [1.165, 1.54) is 18.4 Å². The highest BCUT2D eigenvalue weighted by atomic mass is 35.5. The van der Waals surface area contributed by atoms with Gasteiger partial charge in [0.2, 0.25) is 5.91 Å². The number of benzene rings is 3. The van der Waals surface area contributed by atoms with Gasteiger partial charge in [0.1, 0.15) is 5.82 Å². The fourth-order valence-corrected chi connectivity index (χ4v) is 5.28. The van der Waals surface area contributed by atoms with Gasteiger partial charge in [-0.15, -0.1) is 0 Å². The molecule has 5 rings (SSSR count). The third-order valence-corrected chi connectivity index (χ3v) is 7.33. The number of anilines is 1. The van der Waals surface area contributed by atoms with Crippen molar-refractivity contribution in [2.75, 3.05) is 11.4 Å². The minimum absolute atomic E-state index is 0.0130. The quantitative estimate of drug-likeness (QED) is 0.272. The molecule has 1 aliphatic rings. The zero-order chi connectivity index (χ0) is 23.7. The fraction of sp³-hybridized carbons (Fsp3) is 0.286. The van der Waals surface area contributed by atoms with Gasteiger partial charge in [0.15, 0.2) is 0 Å². The Hall–Kier alpha value is -2.82. The standard InChI is InChI=1S/C28H27Cl2N3O/c1-2-3-7-19-12-14-21(15-13-19)32-17-20(16-27(32)34)28-31-25-10-4-5-11-26(25)33(28)18-22-23(29)8-6-9-24(22)30/h4-6,8-15,20H,2-3,7,16-18H2,1H3. The van der Waals surface area contributed by atoms with Crippen molar-refractivity contribution in [3.8, 4) is 0 Å². The number of para-hydroxylation sites is 2. The summed E-state index contributed by atoms with van der Waals surface area (Å²) < 4.78 is 2.16. The van der Waals surface area contributed by atoms with Crippen LogP contribution in [0.4, 0.5) is 5.69 Å². The molecule has 1 atom stereocenters. The molecular weight excluding hydrogens is 465 g/mol. The predicted octanol–water partition coefficient (Wildman–Crippen LogP) is 7.25. The van der Waals surface area contributed by atoms with E-state index in [1.807, 2.05) is 41.3 Å². The molecule has 1 aliphatic heterocycles. The fourth-order valence-electron chi connectivity index (χ4n) is 4.77. The molecule has 0 bridgehead atoms. The maximum atomic E-state index is 13.1. The topological polar surface area (TPSA) is 38.1 Å². The number of hydrogen-bond acceptors (Lipinski definition) is 2. The SMILES string of the molecule is CCCCc1ccc(N2CC(c3nc4ccccc4n3Cc3c(Cl)cccc3Cl)CC2=O)cc1. The van der Waals surface area contributed by atoms with E-state index in [4.69, 9.17) is 28.2 Å². The van der Waals surface area contributed by atoms with E-state index < -0.39 is 0 Å². The van der Waals surface area contributed by atoms with Gasteiger partial charge in [0.05, 0.1) is 17.6 Å². The number of halogens is 2. The lowest BCUT2D eigenvalue weighted by Crippen LogP contribution is -2.24. The van der Waals surface area contributed by atoms with Gasteiger partial charge in [-0.05, 0) is 54.8 Å².